The monoisotopic (exact) mass is 638 g/mol. The second kappa shape index (κ2) is 11.9. The lowest BCUT2D eigenvalue weighted by Crippen LogP contribution is -2.64. The zero-order valence-corrected chi connectivity index (χ0v) is 29.5. The van der Waals surface area contributed by atoms with E-state index in [1.807, 2.05) is 6.07 Å². The van der Waals surface area contributed by atoms with E-state index in [0.29, 0.717) is 11.8 Å². The normalized spacial score (nSPS) is 36.0. The Labute approximate surface area is 277 Å². The minimum absolute atomic E-state index is 0.00419. The number of hydrogen-bond donors (Lipinski definition) is 2. The van der Waals surface area contributed by atoms with Crippen molar-refractivity contribution in [3.05, 3.63) is 102 Å². The largest absolute Gasteiger partial charge is 0.465 e. The third kappa shape index (κ3) is 5.30. The van der Waals surface area contributed by atoms with Gasteiger partial charge in [-0.3, -0.25) is 0 Å². The van der Waals surface area contributed by atoms with Crippen molar-refractivity contribution in [1.82, 2.24) is 0 Å². The number of rotatable bonds is 7. The first-order valence-corrected chi connectivity index (χ1v) is 20.1. The van der Waals surface area contributed by atoms with Crippen LogP contribution in [-0.2, 0) is 16.5 Å². The van der Waals surface area contributed by atoms with E-state index in [4.69, 9.17) is 8.84 Å². The number of fused-ring (bicyclic) bond motifs is 5. The molecule has 7 rings (SSSR count). The molecule has 0 bridgehead atoms. The van der Waals surface area contributed by atoms with Gasteiger partial charge < -0.3 is 19.1 Å². The van der Waals surface area contributed by atoms with Crippen molar-refractivity contribution < 1.29 is 19.1 Å². The minimum Gasteiger partial charge on any atom is -0.465 e. The Bertz CT molecular complexity index is 1470. The highest BCUT2D eigenvalue weighted by Crippen LogP contribution is 2.67. The molecule has 1 aromatic heterocycles. The predicted octanol–water partition coefficient (Wildman–Crippen LogP) is 8.95. The van der Waals surface area contributed by atoms with Crippen LogP contribution in [0.5, 0.6) is 0 Å². The van der Waals surface area contributed by atoms with Gasteiger partial charge >= 0.3 is 0 Å². The van der Waals surface area contributed by atoms with Crippen LogP contribution in [-0.4, -0.2) is 36.8 Å². The Morgan fingerprint density at radius 2 is 1.46 bits per heavy atom. The smallest absolute Gasteiger partial charge is 0.207 e. The van der Waals surface area contributed by atoms with Gasteiger partial charge in [0.1, 0.15) is 5.76 Å². The van der Waals surface area contributed by atoms with Crippen LogP contribution in [0.1, 0.15) is 90.0 Å². The summed E-state index contributed by atoms with van der Waals surface area (Å²) in [5, 5.41) is 24.1. The predicted molar refractivity (Wildman–Crippen MR) is 187 cm³/mol. The summed E-state index contributed by atoms with van der Waals surface area (Å²) in [5.74, 6) is 1.81. The lowest BCUT2D eigenvalue weighted by Gasteiger charge is -2.63. The molecule has 3 fully saturated rings. The SMILES string of the molecule is CC(C)(C)[Si](Cc1ccccc1)(Cc1ccccc1)O[C@H]1CC[C@@]2(C)[C@H](C1)[C@@H](O)[C@H](O)[C@@H]1[C@@H]2CC[C@]2(C)C(c3ccco3)=CC[C@@H]12. The van der Waals surface area contributed by atoms with Crippen LogP contribution in [0, 0.1) is 34.5 Å². The fourth-order valence-electron chi connectivity index (χ4n) is 10.7. The zero-order chi connectivity index (χ0) is 32.3. The number of benzene rings is 2. The van der Waals surface area contributed by atoms with Crippen LogP contribution in [0.4, 0.5) is 0 Å². The van der Waals surface area contributed by atoms with E-state index < -0.39 is 20.5 Å². The molecule has 0 amide bonds. The maximum atomic E-state index is 12.0. The van der Waals surface area contributed by atoms with Gasteiger partial charge in [0.15, 0.2) is 0 Å². The Kier molecular flexibility index (Phi) is 8.32. The maximum absolute atomic E-state index is 12.0. The van der Waals surface area contributed by atoms with E-state index in [2.05, 4.69) is 107 Å². The third-order valence-electron chi connectivity index (χ3n) is 13.5. The van der Waals surface area contributed by atoms with Gasteiger partial charge in [-0.15, -0.1) is 0 Å². The molecule has 9 atom stereocenters. The molecule has 0 unspecified atom stereocenters. The molecule has 46 heavy (non-hydrogen) atoms. The Hall–Kier alpha value is -2.44. The van der Waals surface area contributed by atoms with Crippen molar-refractivity contribution in [2.45, 2.75) is 109 Å². The zero-order valence-electron chi connectivity index (χ0n) is 28.5. The van der Waals surface area contributed by atoms with Crippen LogP contribution in [0.15, 0.2) is 89.6 Å². The van der Waals surface area contributed by atoms with Crippen LogP contribution in [0.3, 0.4) is 0 Å². The van der Waals surface area contributed by atoms with Crippen LogP contribution in [0.2, 0.25) is 5.04 Å². The third-order valence-corrected chi connectivity index (χ3v) is 19.0. The van der Waals surface area contributed by atoms with Crippen LogP contribution >= 0.6 is 0 Å². The number of furan rings is 1. The highest BCUT2D eigenvalue weighted by molar-refractivity contribution is 6.75. The number of aliphatic hydroxyl groups excluding tert-OH is 2. The van der Waals surface area contributed by atoms with E-state index in [1.54, 1.807) is 6.26 Å². The molecule has 5 heteroatoms. The molecule has 4 nitrogen and oxygen atoms in total. The van der Waals surface area contributed by atoms with E-state index in [0.717, 1.165) is 56.4 Å². The van der Waals surface area contributed by atoms with Crippen molar-refractivity contribution >= 4 is 13.9 Å². The Morgan fingerprint density at radius 1 is 0.804 bits per heavy atom. The molecule has 0 aliphatic heterocycles. The first-order chi connectivity index (χ1) is 22.0. The van der Waals surface area contributed by atoms with Crippen molar-refractivity contribution in [2.24, 2.45) is 34.5 Å². The molecular formula is C41H54O4Si. The highest BCUT2D eigenvalue weighted by atomic mass is 28.4. The van der Waals surface area contributed by atoms with Gasteiger partial charge in [0.25, 0.3) is 0 Å². The van der Waals surface area contributed by atoms with E-state index >= 15 is 0 Å². The Balaban J connectivity index is 1.16. The topological polar surface area (TPSA) is 62.8 Å². The molecule has 246 valence electrons. The Morgan fingerprint density at radius 3 is 2.04 bits per heavy atom. The lowest BCUT2D eigenvalue weighted by atomic mass is 9.43. The van der Waals surface area contributed by atoms with Gasteiger partial charge in [-0.05, 0) is 119 Å². The molecular weight excluding hydrogens is 585 g/mol. The summed E-state index contributed by atoms with van der Waals surface area (Å²) < 4.78 is 13.5. The molecule has 3 saturated carbocycles. The summed E-state index contributed by atoms with van der Waals surface area (Å²) in [6.07, 6.45) is 8.78. The van der Waals surface area contributed by atoms with Crippen molar-refractivity contribution in [1.29, 1.82) is 0 Å². The van der Waals surface area contributed by atoms with Crippen molar-refractivity contribution in [3.63, 3.8) is 0 Å². The first kappa shape index (κ1) is 32.1. The number of allylic oxidation sites excluding steroid dienone is 2. The van der Waals surface area contributed by atoms with Crippen LogP contribution < -0.4 is 0 Å². The molecule has 3 aromatic rings. The molecule has 4 aliphatic carbocycles. The second-order valence-corrected chi connectivity index (χ2v) is 21.2. The molecule has 0 radical (unpaired) electrons. The summed E-state index contributed by atoms with van der Waals surface area (Å²) in [6, 6.07) is 27.8. The standard InChI is InChI=1S/C41H54O4Si/c1-39(2,3)46(26-28-13-8-6-9-14-28,27-29-15-10-7-11-16-29)45-30-20-22-41(5)33-21-23-40(4)31(35-17-12-24-44-35)18-19-32(40)36(33)38(43)37(42)34(41)25-30/h6-18,24,30,32-34,36-38,42-43H,19-23,25-27H2,1-5H3/t30-,32-,33-,34+,36-,37+,38+,40+,41+/m0/s1. The number of aliphatic hydroxyl groups is 2. The fraction of sp³-hybridized carbons (Fsp3) is 0.561. The van der Waals surface area contributed by atoms with Gasteiger partial charge in [0.05, 0.1) is 18.5 Å². The maximum Gasteiger partial charge on any atom is 0.207 e. The highest BCUT2D eigenvalue weighted by Gasteiger charge is 2.64. The van der Waals surface area contributed by atoms with Gasteiger partial charge in [0.2, 0.25) is 8.32 Å². The molecule has 4 aliphatic rings. The summed E-state index contributed by atoms with van der Waals surface area (Å²) in [7, 11) is -2.44. The van der Waals surface area contributed by atoms with E-state index in [9.17, 15) is 10.2 Å². The average Bonchev–Trinajstić information content (AvgIpc) is 3.68. The summed E-state index contributed by atoms with van der Waals surface area (Å²) in [5.41, 5.74) is 3.95. The van der Waals surface area contributed by atoms with Gasteiger partial charge in [0, 0.05) is 6.10 Å². The quantitative estimate of drug-likeness (QED) is 0.254. The number of hydrogen-bond acceptors (Lipinski definition) is 4. The average molecular weight is 639 g/mol. The van der Waals surface area contributed by atoms with Crippen LogP contribution in [0.25, 0.3) is 5.57 Å². The van der Waals surface area contributed by atoms with E-state index in [1.165, 1.54) is 16.7 Å². The summed E-state index contributed by atoms with van der Waals surface area (Å²) >= 11 is 0. The molecule has 0 spiro atoms. The summed E-state index contributed by atoms with van der Waals surface area (Å²) in [6.45, 7) is 12.0. The lowest BCUT2D eigenvalue weighted by molar-refractivity contribution is -0.216. The first-order valence-electron chi connectivity index (χ1n) is 17.8. The minimum atomic E-state index is -2.44. The molecule has 0 saturated heterocycles. The molecule has 1 heterocycles. The molecule has 2 N–H and O–H groups in total. The fourth-order valence-corrected chi connectivity index (χ4v) is 15.1. The van der Waals surface area contributed by atoms with Gasteiger partial charge in [-0.25, -0.2) is 0 Å². The van der Waals surface area contributed by atoms with Gasteiger partial charge in [-0.1, -0.05) is 101 Å². The summed E-state index contributed by atoms with van der Waals surface area (Å²) in [4.78, 5) is 0. The van der Waals surface area contributed by atoms with E-state index in [-0.39, 0.29) is 33.8 Å². The van der Waals surface area contributed by atoms with Gasteiger partial charge in [-0.2, -0.15) is 0 Å². The van der Waals surface area contributed by atoms with Crippen molar-refractivity contribution in [3.8, 4) is 0 Å². The second-order valence-electron chi connectivity index (χ2n) is 16.8. The van der Waals surface area contributed by atoms with Crippen molar-refractivity contribution in [2.75, 3.05) is 0 Å². The molecule has 2 aromatic carbocycles.